The minimum Gasteiger partial charge on any atom is -0.481 e. The second kappa shape index (κ2) is 8.87. The Bertz CT molecular complexity index is 434. The molecule has 20 heavy (non-hydrogen) atoms. The summed E-state index contributed by atoms with van der Waals surface area (Å²) in [5.74, 6) is -0.934. The second-order valence-corrected chi connectivity index (χ2v) is 4.20. The van der Waals surface area contributed by atoms with E-state index in [1.54, 1.807) is 12.1 Å². The number of nitrogens with zero attached hydrogens (tertiary/aromatic N) is 1. The molecule has 1 aromatic heterocycles. The maximum Gasteiger partial charge on any atom is 0.319 e. The summed E-state index contributed by atoms with van der Waals surface area (Å²) < 4.78 is 0. The van der Waals surface area contributed by atoms with Crippen LogP contribution in [-0.4, -0.2) is 41.7 Å². The lowest BCUT2D eigenvalue weighted by atomic mass is 10.2. The summed E-state index contributed by atoms with van der Waals surface area (Å²) in [7, 11) is 0. The van der Waals surface area contributed by atoms with Crippen molar-refractivity contribution in [3.8, 4) is 0 Å². The fourth-order valence-electron chi connectivity index (χ4n) is 1.53. The Morgan fingerprint density at radius 1 is 1.30 bits per heavy atom. The molecular weight excluding hydrogens is 260 g/mol. The summed E-state index contributed by atoms with van der Waals surface area (Å²) in [6, 6.07) is 2.91. The largest absolute Gasteiger partial charge is 0.481 e. The molecule has 0 atom stereocenters. The number of carbonyl (C=O) groups is 2. The zero-order chi connectivity index (χ0) is 14.8. The number of nitrogens with one attached hydrogen (secondary N) is 3. The first-order valence-electron chi connectivity index (χ1n) is 6.54. The van der Waals surface area contributed by atoms with Crippen molar-refractivity contribution in [1.82, 2.24) is 15.6 Å². The third-order valence-corrected chi connectivity index (χ3v) is 2.48. The van der Waals surface area contributed by atoms with Gasteiger partial charge in [0.05, 0.1) is 24.0 Å². The van der Waals surface area contributed by atoms with Crippen LogP contribution in [0.5, 0.6) is 0 Å². The van der Waals surface area contributed by atoms with E-state index >= 15 is 0 Å². The van der Waals surface area contributed by atoms with Crippen molar-refractivity contribution in [2.24, 2.45) is 0 Å². The van der Waals surface area contributed by atoms with Crippen LogP contribution in [0.1, 0.15) is 19.0 Å². The maximum absolute atomic E-state index is 11.5. The minimum absolute atomic E-state index is 0.128. The van der Waals surface area contributed by atoms with Gasteiger partial charge < -0.3 is 21.1 Å². The molecule has 4 N–H and O–H groups in total. The molecule has 0 saturated carbocycles. The number of anilines is 1. The van der Waals surface area contributed by atoms with Crippen LogP contribution in [0.3, 0.4) is 0 Å². The molecule has 0 bridgehead atoms. The van der Waals surface area contributed by atoms with E-state index in [2.05, 4.69) is 20.9 Å². The molecule has 1 aromatic rings. The van der Waals surface area contributed by atoms with E-state index < -0.39 is 5.97 Å². The van der Waals surface area contributed by atoms with Crippen molar-refractivity contribution in [2.75, 3.05) is 25.0 Å². The molecule has 2 amide bonds. The van der Waals surface area contributed by atoms with Gasteiger partial charge in [-0.2, -0.15) is 0 Å². The first kappa shape index (κ1) is 15.9. The number of carboxylic acid groups (broad SMARTS) is 1. The Morgan fingerprint density at radius 2 is 2.10 bits per heavy atom. The second-order valence-electron chi connectivity index (χ2n) is 4.20. The molecule has 7 nitrogen and oxygen atoms in total. The van der Waals surface area contributed by atoms with Gasteiger partial charge in [0.15, 0.2) is 0 Å². The van der Waals surface area contributed by atoms with Gasteiger partial charge in [-0.25, -0.2) is 4.79 Å². The average Bonchev–Trinajstić information content (AvgIpc) is 2.40. The lowest BCUT2D eigenvalue weighted by molar-refractivity contribution is -0.136. The molecule has 0 saturated heterocycles. The Morgan fingerprint density at radius 3 is 2.70 bits per heavy atom. The highest BCUT2D eigenvalue weighted by Crippen LogP contribution is 2.06. The first-order valence-corrected chi connectivity index (χ1v) is 6.54. The normalized spacial score (nSPS) is 10.1. The Balaban J connectivity index is 2.29. The Hall–Kier alpha value is -2.15. The summed E-state index contributed by atoms with van der Waals surface area (Å²) in [5.41, 5.74) is 0.984. The third kappa shape index (κ3) is 6.69. The van der Waals surface area contributed by atoms with Crippen molar-refractivity contribution in [3.63, 3.8) is 0 Å². The van der Waals surface area contributed by atoms with Gasteiger partial charge in [0.25, 0.3) is 0 Å². The molecule has 0 aromatic carbocycles. The quantitative estimate of drug-likeness (QED) is 0.528. The van der Waals surface area contributed by atoms with Gasteiger partial charge in [-0.1, -0.05) is 6.92 Å². The fourth-order valence-corrected chi connectivity index (χ4v) is 1.53. The Labute approximate surface area is 117 Å². The zero-order valence-electron chi connectivity index (χ0n) is 11.5. The summed E-state index contributed by atoms with van der Waals surface area (Å²) >= 11 is 0. The van der Waals surface area contributed by atoms with Crippen molar-refractivity contribution < 1.29 is 14.7 Å². The summed E-state index contributed by atoms with van der Waals surface area (Å²) in [6.45, 7) is 4.40. The SMILES string of the molecule is CCNCCCNC(=O)Nc1ccc(CC(=O)O)nc1. The molecule has 0 radical (unpaired) electrons. The van der Waals surface area contributed by atoms with Crippen LogP contribution in [0.4, 0.5) is 10.5 Å². The van der Waals surface area contributed by atoms with Gasteiger partial charge in [-0.3, -0.25) is 9.78 Å². The van der Waals surface area contributed by atoms with Crippen LogP contribution in [0.2, 0.25) is 0 Å². The number of amides is 2. The van der Waals surface area contributed by atoms with Crippen LogP contribution in [0.15, 0.2) is 18.3 Å². The van der Waals surface area contributed by atoms with Gasteiger partial charge in [-0.15, -0.1) is 0 Å². The molecule has 0 aliphatic carbocycles. The van der Waals surface area contributed by atoms with Crippen LogP contribution >= 0.6 is 0 Å². The predicted octanol–water partition coefficient (Wildman–Crippen LogP) is 0.830. The van der Waals surface area contributed by atoms with Crippen LogP contribution < -0.4 is 16.0 Å². The van der Waals surface area contributed by atoms with Crippen molar-refractivity contribution in [2.45, 2.75) is 19.8 Å². The van der Waals surface area contributed by atoms with E-state index in [0.29, 0.717) is 17.9 Å². The topological polar surface area (TPSA) is 103 Å². The number of carbonyl (C=O) groups excluding carboxylic acids is 1. The molecule has 0 spiro atoms. The molecular formula is C13H20N4O3. The lowest BCUT2D eigenvalue weighted by Gasteiger charge is -2.07. The number of pyridine rings is 1. The Kier molecular flexibility index (Phi) is 7.05. The minimum atomic E-state index is -0.934. The smallest absolute Gasteiger partial charge is 0.319 e. The van der Waals surface area contributed by atoms with E-state index in [1.165, 1.54) is 6.20 Å². The van der Waals surface area contributed by atoms with E-state index in [0.717, 1.165) is 19.5 Å². The van der Waals surface area contributed by atoms with E-state index in [-0.39, 0.29) is 12.5 Å². The van der Waals surface area contributed by atoms with E-state index in [4.69, 9.17) is 5.11 Å². The van der Waals surface area contributed by atoms with Gasteiger partial charge in [-0.05, 0) is 31.6 Å². The molecule has 0 aliphatic rings. The number of carboxylic acids is 1. The molecule has 0 aliphatic heterocycles. The fraction of sp³-hybridized carbons (Fsp3) is 0.462. The highest BCUT2D eigenvalue weighted by atomic mass is 16.4. The highest BCUT2D eigenvalue weighted by molar-refractivity contribution is 5.88. The monoisotopic (exact) mass is 280 g/mol. The summed E-state index contributed by atoms with van der Waals surface area (Å²) in [6.07, 6.45) is 2.17. The number of rotatable bonds is 8. The van der Waals surface area contributed by atoms with E-state index in [9.17, 15) is 9.59 Å². The zero-order valence-corrected chi connectivity index (χ0v) is 11.5. The van der Waals surface area contributed by atoms with Gasteiger partial charge in [0, 0.05) is 6.54 Å². The standard InChI is InChI=1S/C13H20N4O3/c1-2-14-6-3-7-15-13(20)17-11-5-4-10(16-9-11)8-12(18)19/h4-5,9,14H,2-3,6-8H2,1H3,(H,18,19)(H2,15,17,20). The van der Waals surface area contributed by atoms with Gasteiger partial charge in [0.1, 0.15) is 0 Å². The lowest BCUT2D eigenvalue weighted by Crippen LogP contribution is -2.31. The molecule has 1 rings (SSSR count). The molecule has 0 unspecified atom stereocenters. The van der Waals surface area contributed by atoms with Crippen molar-refractivity contribution in [1.29, 1.82) is 0 Å². The number of urea groups is 1. The number of aliphatic carboxylic acids is 1. The number of hydrogen-bond acceptors (Lipinski definition) is 4. The maximum atomic E-state index is 11.5. The highest BCUT2D eigenvalue weighted by Gasteiger charge is 2.04. The van der Waals surface area contributed by atoms with Crippen molar-refractivity contribution >= 4 is 17.7 Å². The molecule has 110 valence electrons. The third-order valence-electron chi connectivity index (χ3n) is 2.48. The van der Waals surface area contributed by atoms with E-state index in [1.807, 2.05) is 6.92 Å². The van der Waals surface area contributed by atoms with Crippen molar-refractivity contribution in [3.05, 3.63) is 24.0 Å². The summed E-state index contributed by atoms with van der Waals surface area (Å²) in [5, 5.41) is 17.1. The van der Waals surface area contributed by atoms with Crippen LogP contribution in [0, 0.1) is 0 Å². The molecule has 7 heteroatoms. The van der Waals surface area contributed by atoms with Gasteiger partial charge in [0.2, 0.25) is 0 Å². The molecule has 0 fully saturated rings. The average molecular weight is 280 g/mol. The molecule has 1 heterocycles. The van der Waals surface area contributed by atoms with Crippen LogP contribution in [0.25, 0.3) is 0 Å². The number of aromatic nitrogens is 1. The van der Waals surface area contributed by atoms with Gasteiger partial charge >= 0.3 is 12.0 Å². The predicted molar refractivity (Wildman–Crippen MR) is 75.8 cm³/mol. The first-order chi connectivity index (χ1) is 9.61. The number of hydrogen-bond donors (Lipinski definition) is 4. The van der Waals surface area contributed by atoms with Crippen LogP contribution in [-0.2, 0) is 11.2 Å². The summed E-state index contributed by atoms with van der Waals surface area (Å²) in [4.78, 5) is 26.0.